The van der Waals surface area contributed by atoms with Gasteiger partial charge in [0.25, 0.3) is 0 Å². The van der Waals surface area contributed by atoms with Crippen LogP contribution in [0.4, 0.5) is 0 Å². The van der Waals surface area contributed by atoms with Crippen LogP contribution in [-0.4, -0.2) is 11.1 Å². The third-order valence-electron chi connectivity index (χ3n) is 4.77. The molecule has 2 nitrogen and oxygen atoms in total. The summed E-state index contributed by atoms with van der Waals surface area (Å²) in [7, 11) is 0. The van der Waals surface area contributed by atoms with Crippen LogP contribution < -0.4 is 5.32 Å². The summed E-state index contributed by atoms with van der Waals surface area (Å²) in [5.41, 5.74) is 2.30. The third-order valence-corrected chi connectivity index (χ3v) is 4.77. The van der Waals surface area contributed by atoms with Gasteiger partial charge >= 0.3 is 0 Å². The Morgan fingerprint density at radius 1 is 1.05 bits per heavy atom. The molecule has 1 aromatic rings. The van der Waals surface area contributed by atoms with Crippen molar-refractivity contribution in [2.75, 3.05) is 0 Å². The van der Waals surface area contributed by atoms with E-state index in [4.69, 9.17) is 5.11 Å². The smallest absolute Gasteiger partial charge is 0.0681 e. The lowest BCUT2D eigenvalue weighted by molar-refractivity contribution is 0.260. The lowest BCUT2D eigenvalue weighted by Gasteiger charge is -2.30. The monoisotopic (exact) mass is 259 g/mol. The van der Waals surface area contributed by atoms with Gasteiger partial charge in [0.1, 0.15) is 0 Å². The quantitative estimate of drug-likeness (QED) is 0.851. The Hall–Kier alpha value is -0.860. The fourth-order valence-electron chi connectivity index (χ4n) is 3.51. The molecule has 3 rings (SSSR count). The molecule has 2 fully saturated rings. The highest BCUT2D eigenvalue weighted by molar-refractivity contribution is 5.22. The van der Waals surface area contributed by atoms with E-state index < -0.39 is 0 Å². The summed E-state index contributed by atoms with van der Waals surface area (Å²) in [5, 5.41) is 12.9. The molecule has 2 aliphatic rings. The van der Waals surface area contributed by atoms with Gasteiger partial charge in [0, 0.05) is 12.6 Å². The lowest BCUT2D eigenvalue weighted by Crippen LogP contribution is -2.34. The molecule has 2 atom stereocenters. The van der Waals surface area contributed by atoms with Crippen LogP contribution in [0.1, 0.15) is 49.7 Å². The molecule has 0 amide bonds. The van der Waals surface area contributed by atoms with Crippen molar-refractivity contribution < 1.29 is 5.11 Å². The fourth-order valence-corrected chi connectivity index (χ4v) is 3.51. The van der Waals surface area contributed by atoms with Crippen LogP contribution in [-0.2, 0) is 13.2 Å². The molecule has 1 aromatic carbocycles. The molecule has 0 aliphatic heterocycles. The maximum Gasteiger partial charge on any atom is 0.0681 e. The normalized spacial score (nSPS) is 27.4. The van der Waals surface area contributed by atoms with Gasteiger partial charge in [0.15, 0.2) is 0 Å². The summed E-state index contributed by atoms with van der Waals surface area (Å²) in [4.78, 5) is 0. The second kappa shape index (κ2) is 6.06. The highest BCUT2D eigenvalue weighted by Crippen LogP contribution is 2.43. The Labute approximate surface area is 116 Å². The average molecular weight is 259 g/mol. The highest BCUT2D eigenvalue weighted by Gasteiger charge is 2.34. The standard InChI is InChI=1S/C17H25NO/c19-12-14-4-1-3-13(9-14)11-18-17-6-2-5-16(10-17)15-7-8-15/h1,3-4,9,15-19H,2,5-8,10-12H2. The number of benzene rings is 1. The molecule has 0 heterocycles. The Kier molecular flexibility index (Phi) is 4.19. The van der Waals surface area contributed by atoms with Crippen LogP contribution in [0.3, 0.4) is 0 Å². The van der Waals surface area contributed by atoms with E-state index in [1.165, 1.54) is 44.1 Å². The predicted molar refractivity (Wildman–Crippen MR) is 77.7 cm³/mol. The molecule has 0 radical (unpaired) electrons. The summed E-state index contributed by atoms with van der Waals surface area (Å²) in [5.74, 6) is 2.05. The van der Waals surface area contributed by atoms with Gasteiger partial charge in [-0.25, -0.2) is 0 Å². The molecular formula is C17H25NO. The highest BCUT2D eigenvalue weighted by atomic mass is 16.3. The van der Waals surface area contributed by atoms with Crippen molar-refractivity contribution in [1.82, 2.24) is 5.32 Å². The molecule has 2 aliphatic carbocycles. The first-order valence-electron chi connectivity index (χ1n) is 7.77. The van der Waals surface area contributed by atoms with E-state index in [1.807, 2.05) is 12.1 Å². The van der Waals surface area contributed by atoms with Gasteiger partial charge in [-0.15, -0.1) is 0 Å². The zero-order valence-corrected chi connectivity index (χ0v) is 11.6. The molecule has 0 spiro atoms. The maximum absolute atomic E-state index is 9.16. The summed E-state index contributed by atoms with van der Waals surface area (Å²) in [6.07, 6.45) is 8.54. The summed E-state index contributed by atoms with van der Waals surface area (Å²) in [6, 6.07) is 8.97. The minimum atomic E-state index is 0.140. The van der Waals surface area contributed by atoms with Gasteiger partial charge in [0.05, 0.1) is 6.61 Å². The molecule has 2 heteroatoms. The van der Waals surface area contributed by atoms with E-state index in [2.05, 4.69) is 17.4 Å². The predicted octanol–water partition coefficient (Wildman–Crippen LogP) is 3.24. The first-order valence-corrected chi connectivity index (χ1v) is 7.77. The number of hydrogen-bond donors (Lipinski definition) is 2. The zero-order chi connectivity index (χ0) is 13.1. The molecule has 2 unspecified atom stereocenters. The summed E-state index contributed by atoms with van der Waals surface area (Å²) >= 11 is 0. The molecular weight excluding hydrogens is 234 g/mol. The van der Waals surface area contributed by atoms with Crippen LogP contribution in [0.25, 0.3) is 0 Å². The minimum Gasteiger partial charge on any atom is -0.392 e. The number of aliphatic hydroxyl groups is 1. The Morgan fingerprint density at radius 3 is 2.68 bits per heavy atom. The Morgan fingerprint density at radius 2 is 1.89 bits per heavy atom. The van der Waals surface area contributed by atoms with Crippen LogP contribution in [0.15, 0.2) is 24.3 Å². The van der Waals surface area contributed by atoms with Crippen molar-refractivity contribution in [2.24, 2.45) is 11.8 Å². The zero-order valence-electron chi connectivity index (χ0n) is 11.6. The van der Waals surface area contributed by atoms with E-state index in [1.54, 1.807) is 0 Å². The van der Waals surface area contributed by atoms with Crippen molar-refractivity contribution in [3.8, 4) is 0 Å². The molecule has 104 valence electrons. The average Bonchev–Trinajstić information content (AvgIpc) is 3.30. The summed E-state index contributed by atoms with van der Waals surface area (Å²) < 4.78 is 0. The van der Waals surface area contributed by atoms with Gasteiger partial charge in [-0.05, 0) is 48.6 Å². The molecule has 0 bridgehead atoms. The largest absolute Gasteiger partial charge is 0.392 e. The number of rotatable bonds is 5. The van der Waals surface area contributed by atoms with E-state index in [9.17, 15) is 0 Å². The molecule has 0 aromatic heterocycles. The lowest BCUT2D eigenvalue weighted by atomic mass is 9.82. The second-order valence-electron chi connectivity index (χ2n) is 6.32. The molecule has 0 saturated heterocycles. The van der Waals surface area contributed by atoms with Gasteiger partial charge in [-0.2, -0.15) is 0 Å². The first-order chi connectivity index (χ1) is 9.35. The van der Waals surface area contributed by atoms with E-state index in [0.717, 1.165) is 23.9 Å². The SMILES string of the molecule is OCc1cccc(CNC2CCCC(C3CC3)C2)c1. The maximum atomic E-state index is 9.16. The number of nitrogens with one attached hydrogen (secondary N) is 1. The number of aliphatic hydroxyl groups excluding tert-OH is 1. The third kappa shape index (κ3) is 3.58. The van der Waals surface area contributed by atoms with Crippen LogP contribution in [0, 0.1) is 11.8 Å². The first kappa shape index (κ1) is 13.1. The van der Waals surface area contributed by atoms with E-state index in [0.29, 0.717) is 6.04 Å². The van der Waals surface area contributed by atoms with Crippen molar-refractivity contribution in [2.45, 2.75) is 57.7 Å². The van der Waals surface area contributed by atoms with Crippen LogP contribution >= 0.6 is 0 Å². The van der Waals surface area contributed by atoms with Crippen LogP contribution in [0.2, 0.25) is 0 Å². The van der Waals surface area contributed by atoms with Gasteiger partial charge in [0.2, 0.25) is 0 Å². The van der Waals surface area contributed by atoms with Gasteiger partial charge in [-0.1, -0.05) is 37.1 Å². The number of hydrogen-bond acceptors (Lipinski definition) is 2. The molecule has 19 heavy (non-hydrogen) atoms. The molecule has 2 saturated carbocycles. The minimum absolute atomic E-state index is 0.140. The van der Waals surface area contributed by atoms with E-state index >= 15 is 0 Å². The summed E-state index contributed by atoms with van der Waals surface area (Å²) in [6.45, 7) is 1.08. The Bertz CT molecular complexity index is 413. The Balaban J connectivity index is 1.50. The van der Waals surface area contributed by atoms with Crippen molar-refractivity contribution in [3.05, 3.63) is 35.4 Å². The second-order valence-corrected chi connectivity index (χ2v) is 6.32. The van der Waals surface area contributed by atoms with Crippen molar-refractivity contribution >= 4 is 0 Å². The molecule has 2 N–H and O–H groups in total. The van der Waals surface area contributed by atoms with Crippen molar-refractivity contribution in [3.63, 3.8) is 0 Å². The fraction of sp³-hybridized carbons (Fsp3) is 0.647. The van der Waals surface area contributed by atoms with Crippen LogP contribution in [0.5, 0.6) is 0 Å². The topological polar surface area (TPSA) is 32.3 Å². The van der Waals surface area contributed by atoms with Crippen molar-refractivity contribution in [1.29, 1.82) is 0 Å². The van der Waals surface area contributed by atoms with E-state index in [-0.39, 0.29) is 6.61 Å². The van der Waals surface area contributed by atoms with Gasteiger partial charge in [-0.3, -0.25) is 0 Å². The van der Waals surface area contributed by atoms with Gasteiger partial charge < -0.3 is 10.4 Å².